The molecule has 1 aliphatic rings. The third-order valence-electron chi connectivity index (χ3n) is 3.87. The van der Waals surface area contributed by atoms with Crippen LogP contribution in [0.2, 0.25) is 0 Å². The summed E-state index contributed by atoms with van der Waals surface area (Å²) in [7, 11) is 0. The van der Waals surface area contributed by atoms with Crippen molar-refractivity contribution in [3.05, 3.63) is 18.2 Å². The highest BCUT2D eigenvalue weighted by molar-refractivity contribution is 5.84. The standard InChI is InChI=1S/C14H23N5O6/c1-7(2)4-15-11-8(19-6-16-17-18-19)3-10(14(23)24)25-13(11)12(22)9(21)5-20/h3,6-9,11-13,15,20-22H,4-5H2,1-2H3,(H,23,24)/t8-,9+,11+,12+,13+/m0/s1. The van der Waals surface area contributed by atoms with E-state index in [1.54, 1.807) is 0 Å². The third-order valence-corrected chi connectivity index (χ3v) is 3.87. The summed E-state index contributed by atoms with van der Waals surface area (Å²) >= 11 is 0. The van der Waals surface area contributed by atoms with Crippen LogP contribution in [0.3, 0.4) is 0 Å². The van der Waals surface area contributed by atoms with Gasteiger partial charge in [-0.15, -0.1) is 5.10 Å². The van der Waals surface area contributed by atoms with E-state index in [1.165, 1.54) is 17.1 Å². The summed E-state index contributed by atoms with van der Waals surface area (Å²) in [6.07, 6.45) is -1.48. The summed E-state index contributed by atoms with van der Waals surface area (Å²) in [5, 5.41) is 52.6. The van der Waals surface area contributed by atoms with Crippen LogP contribution in [-0.4, -0.2) is 84.1 Å². The first-order valence-electron chi connectivity index (χ1n) is 7.89. The maximum Gasteiger partial charge on any atom is 0.370 e. The Morgan fingerprint density at radius 2 is 2.16 bits per heavy atom. The van der Waals surface area contributed by atoms with Gasteiger partial charge in [0, 0.05) is 0 Å². The van der Waals surface area contributed by atoms with Crippen molar-refractivity contribution < 1.29 is 30.0 Å². The number of aliphatic hydroxyl groups excluding tert-OH is 3. The zero-order chi connectivity index (χ0) is 18.6. The zero-order valence-corrected chi connectivity index (χ0v) is 13.9. The predicted molar refractivity (Wildman–Crippen MR) is 83.2 cm³/mol. The molecule has 11 heteroatoms. The van der Waals surface area contributed by atoms with Gasteiger partial charge in [0.25, 0.3) is 0 Å². The summed E-state index contributed by atoms with van der Waals surface area (Å²) in [6, 6.07) is -1.30. The second-order valence-corrected chi connectivity index (χ2v) is 6.27. The van der Waals surface area contributed by atoms with Gasteiger partial charge in [0.15, 0.2) is 0 Å². The monoisotopic (exact) mass is 357 g/mol. The molecule has 0 bridgehead atoms. The van der Waals surface area contributed by atoms with E-state index in [9.17, 15) is 20.1 Å². The molecule has 0 aliphatic carbocycles. The minimum absolute atomic E-state index is 0.264. The Kier molecular flexibility index (Phi) is 6.42. The first-order chi connectivity index (χ1) is 11.8. The van der Waals surface area contributed by atoms with Gasteiger partial charge in [0.1, 0.15) is 24.6 Å². The minimum Gasteiger partial charge on any atom is -0.479 e. The van der Waals surface area contributed by atoms with Crippen molar-refractivity contribution in [3.63, 3.8) is 0 Å². The number of tetrazole rings is 1. The molecule has 0 amide bonds. The van der Waals surface area contributed by atoms with Crippen LogP contribution in [0.25, 0.3) is 0 Å². The van der Waals surface area contributed by atoms with Gasteiger partial charge in [-0.25, -0.2) is 9.48 Å². The van der Waals surface area contributed by atoms with Gasteiger partial charge in [-0.1, -0.05) is 13.8 Å². The van der Waals surface area contributed by atoms with Crippen molar-refractivity contribution in [2.45, 2.75) is 44.2 Å². The van der Waals surface area contributed by atoms with Crippen LogP contribution in [0.15, 0.2) is 18.2 Å². The van der Waals surface area contributed by atoms with E-state index in [-0.39, 0.29) is 5.92 Å². The van der Waals surface area contributed by atoms with Crippen LogP contribution in [0.5, 0.6) is 0 Å². The van der Waals surface area contributed by atoms with Crippen molar-refractivity contribution in [1.29, 1.82) is 0 Å². The van der Waals surface area contributed by atoms with Crippen molar-refractivity contribution >= 4 is 5.97 Å². The predicted octanol–water partition coefficient (Wildman–Crippen LogP) is -2.09. The summed E-state index contributed by atoms with van der Waals surface area (Å²) in [4.78, 5) is 11.4. The number of hydrogen-bond acceptors (Lipinski definition) is 9. The van der Waals surface area contributed by atoms with Crippen molar-refractivity contribution in [3.8, 4) is 0 Å². The topological polar surface area (TPSA) is 163 Å². The molecular formula is C14H23N5O6. The molecule has 1 aromatic rings. The third kappa shape index (κ3) is 4.51. The molecule has 0 saturated heterocycles. The molecule has 140 valence electrons. The van der Waals surface area contributed by atoms with Crippen molar-refractivity contribution in [2.24, 2.45) is 5.92 Å². The highest BCUT2D eigenvalue weighted by Gasteiger charge is 2.44. The normalized spacial score (nSPS) is 26.0. The number of aliphatic hydroxyl groups is 3. The first-order valence-corrected chi connectivity index (χ1v) is 7.89. The van der Waals surface area contributed by atoms with Crippen LogP contribution in [0, 0.1) is 5.92 Å². The molecular weight excluding hydrogens is 334 g/mol. The smallest absolute Gasteiger partial charge is 0.370 e. The van der Waals surface area contributed by atoms with Gasteiger partial charge in [-0.2, -0.15) is 0 Å². The molecule has 1 aromatic heterocycles. The zero-order valence-electron chi connectivity index (χ0n) is 13.9. The molecule has 25 heavy (non-hydrogen) atoms. The lowest BCUT2D eigenvalue weighted by atomic mass is 9.91. The maximum atomic E-state index is 11.4. The van der Waals surface area contributed by atoms with E-state index in [0.717, 1.165) is 0 Å². The van der Waals surface area contributed by atoms with E-state index in [2.05, 4.69) is 20.8 Å². The van der Waals surface area contributed by atoms with Crippen molar-refractivity contribution in [1.82, 2.24) is 25.5 Å². The second-order valence-electron chi connectivity index (χ2n) is 6.27. The molecule has 0 aromatic carbocycles. The molecule has 5 atom stereocenters. The van der Waals surface area contributed by atoms with Crippen LogP contribution < -0.4 is 5.32 Å². The number of nitrogens with zero attached hydrogens (tertiary/aromatic N) is 4. The number of nitrogens with one attached hydrogen (secondary N) is 1. The molecule has 5 N–H and O–H groups in total. The molecule has 0 unspecified atom stereocenters. The molecule has 0 spiro atoms. The minimum atomic E-state index is -1.52. The highest BCUT2D eigenvalue weighted by atomic mass is 16.5. The number of carboxylic acids is 1. The Bertz CT molecular complexity index is 593. The Morgan fingerprint density at radius 1 is 1.44 bits per heavy atom. The average molecular weight is 357 g/mol. The number of aliphatic carboxylic acids is 1. The first kappa shape index (κ1) is 19.2. The number of rotatable bonds is 8. The molecule has 0 saturated carbocycles. The highest BCUT2D eigenvalue weighted by Crippen LogP contribution is 2.29. The van der Waals surface area contributed by atoms with Gasteiger partial charge >= 0.3 is 5.97 Å². The number of aromatic nitrogens is 4. The number of carbonyl (C=O) groups is 1. The fourth-order valence-corrected chi connectivity index (χ4v) is 2.60. The lowest BCUT2D eigenvalue weighted by Gasteiger charge is -2.40. The molecule has 11 nitrogen and oxygen atoms in total. The van der Waals surface area contributed by atoms with Crippen LogP contribution in [-0.2, 0) is 9.53 Å². The lowest BCUT2D eigenvalue weighted by molar-refractivity contribution is -0.146. The lowest BCUT2D eigenvalue weighted by Crippen LogP contribution is -2.58. The van der Waals surface area contributed by atoms with Gasteiger partial charge in [-0.3, -0.25) is 0 Å². The quantitative estimate of drug-likeness (QED) is 0.348. The fourth-order valence-electron chi connectivity index (χ4n) is 2.60. The largest absolute Gasteiger partial charge is 0.479 e. The van der Waals surface area contributed by atoms with E-state index in [1.807, 2.05) is 13.8 Å². The Labute approximate surface area is 143 Å². The summed E-state index contributed by atoms with van der Waals surface area (Å²) in [5.74, 6) is -1.45. The average Bonchev–Trinajstić information content (AvgIpc) is 3.12. The molecule has 2 heterocycles. The maximum absolute atomic E-state index is 11.4. The Balaban J connectivity index is 2.40. The Morgan fingerprint density at radius 3 is 2.68 bits per heavy atom. The summed E-state index contributed by atoms with van der Waals surface area (Å²) in [5.41, 5.74) is 0. The van der Waals surface area contributed by atoms with Gasteiger partial charge in [-0.05, 0) is 29.0 Å². The van der Waals surface area contributed by atoms with Crippen LogP contribution in [0.4, 0.5) is 0 Å². The molecule has 0 fully saturated rings. The van der Waals surface area contributed by atoms with Gasteiger partial charge < -0.3 is 30.5 Å². The van der Waals surface area contributed by atoms with Gasteiger partial charge in [0.2, 0.25) is 5.76 Å². The molecule has 1 aliphatic heterocycles. The SMILES string of the molecule is CC(C)CN[C@H]1[C@H]([C@H](O)[C@H](O)CO)OC(C(=O)O)=C[C@@H]1n1cnnn1. The fraction of sp³-hybridized carbons (Fsp3) is 0.714. The number of carboxylic acid groups (broad SMARTS) is 1. The second kappa shape index (κ2) is 8.34. The van der Waals surface area contributed by atoms with Crippen LogP contribution in [0.1, 0.15) is 19.9 Å². The van der Waals surface area contributed by atoms with E-state index >= 15 is 0 Å². The summed E-state index contributed by atoms with van der Waals surface area (Å²) < 4.78 is 6.74. The van der Waals surface area contributed by atoms with E-state index in [0.29, 0.717) is 6.54 Å². The Hall–Kier alpha value is -2.08. The van der Waals surface area contributed by atoms with Crippen LogP contribution >= 0.6 is 0 Å². The number of hydrogen-bond donors (Lipinski definition) is 5. The van der Waals surface area contributed by atoms with Crippen molar-refractivity contribution in [2.75, 3.05) is 13.2 Å². The summed E-state index contributed by atoms with van der Waals surface area (Å²) in [6.45, 7) is 3.81. The van der Waals surface area contributed by atoms with E-state index in [4.69, 9.17) is 9.84 Å². The molecule has 0 radical (unpaired) electrons. The number of ether oxygens (including phenoxy) is 1. The van der Waals surface area contributed by atoms with E-state index < -0.39 is 48.7 Å². The molecule has 2 rings (SSSR count). The van der Waals surface area contributed by atoms with Gasteiger partial charge in [0.05, 0.1) is 18.7 Å².